The van der Waals surface area contributed by atoms with Crippen LogP contribution in [-0.4, -0.2) is 66.3 Å². The Morgan fingerprint density at radius 3 is 2.95 bits per heavy atom. The lowest BCUT2D eigenvalue weighted by atomic mass is 10.1. The highest BCUT2D eigenvalue weighted by Crippen LogP contribution is 2.18. The molecule has 0 aromatic carbocycles. The van der Waals surface area contributed by atoms with Crippen LogP contribution >= 0.6 is 0 Å². The third-order valence-electron chi connectivity index (χ3n) is 3.99. The second-order valence-electron chi connectivity index (χ2n) is 6.12. The van der Waals surface area contributed by atoms with Gasteiger partial charge in [-0.3, -0.25) is 9.69 Å². The number of carbonyl (C=O) groups is 1. The predicted molar refractivity (Wildman–Crippen MR) is 87.2 cm³/mol. The lowest BCUT2D eigenvalue weighted by Crippen LogP contribution is -2.52. The first kappa shape index (κ1) is 16.7. The summed E-state index contributed by atoms with van der Waals surface area (Å²) in [6.07, 6.45) is 2.43. The van der Waals surface area contributed by atoms with Crippen LogP contribution in [0.15, 0.2) is 18.3 Å². The molecule has 0 saturated carbocycles. The molecule has 1 aromatic heterocycles. The van der Waals surface area contributed by atoms with Crippen molar-refractivity contribution in [1.29, 1.82) is 0 Å². The van der Waals surface area contributed by atoms with E-state index >= 15 is 0 Å². The van der Waals surface area contributed by atoms with Gasteiger partial charge in [-0.05, 0) is 39.4 Å². The highest BCUT2D eigenvalue weighted by Gasteiger charge is 2.25. The number of aromatic nitrogens is 1. The number of aliphatic hydroxyl groups is 1. The Labute approximate surface area is 132 Å². The Balaban J connectivity index is 2.10. The molecule has 22 heavy (non-hydrogen) atoms. The predicted octanol–water partition coefficient (Wildman–Crippen LogP) is 0.723. The Hall–Kier alpha value is -1.66. The van der Waals surface area contributed by atoms with Crippen LogP contribution in [0.25, 0.3) is 0 Å². The maximum absolute atomic E-state index is 12.1. The molecule has 0 aliphatic carbocycles. The minimum absolute atomic E-state index is 0.0697. The Kier molecular flexibility index (Phi) is 5.74. The number of aliphatic hydroxyl groups excluding tert-OH is 1. The largest absolute Gasteiger partial charge is 0.396 e. The summed E-state index contributed by atoms with van der Waals surface area (Å²) in [5.74, 6) is 0.757. The molecule has 6 nitrogen and oxygen atoms in total. The monoisotopic (exact) mass is 306 g/mol. The zero-order chi connectivity index (χ0) is 16.1. The fourth-order valence-corrected chi connectivity index (χ4v) is 2.69. The average Bonchev–Trinajstić information content (AvgIpc) is 2.49. The number of carbonyl (C=O) groups excluding carboxylic acids is 1. The number of anilines is 1. The van der Waals surface area contributed by atoms with E-state index in [1.807, 2.05) is 19.9 Å². The van der Waals surface area contributed by atoms with Gasteiger partial charge < -0.3 is 15.3 Å². The van der Waals surface area contributed by atoms with E-state index in [0.29, 0.717) is 11.6 Å². The Bertz CT molecular complexity index is 507. The Morgan fingerprint density at radius 2 is 2.27 bits per heavy atom. The first-order chi connectivity index (χ1) is 10.5. The van der Waals surface area contributed by atoms with Crippen molar-refractivity contribution in [2.24, 2.45) is 0 Å². The number of nitrogens with one attached hydrogen (secondary N) is 1. The SMILES string of the molecule is CC(C)NC(=O)c1ccnc(N2CCN(C)C(CCO)C2)c1. The van der Waals surface area contributed by atoms with E-state index in [2.05, 4.69) is 27.1 Å². The molecule has 1 saturated heterocycles. The molecule has 122 valence electrons. The number of nitrogens with zero attached hydrogens (tertiary/aromatic N) is 3. The van der Waals surface area contributed by atoms with Crippen LogP contribution in [0.5, 0.6) is 0 Å². The molecule has 1 unspecified atom stereocenters. The summed E-state index contributed by atoms with van der Waals surface area (Å²) in [6, 6.07) is 4.01. The first-order valence-corrected chi connectivity index (χ1v) is 7.84. The highest BCUT2D eigenvalue weighted by atomic mass is 16.3. The number of hydrogen-bond donors (Lipinski definition) is 2. The normalized spacial score (nSPS) is 19.5. The minimum Gasteiger partial charge on any atom is -0.396 e. The summed E-state index contributed by atoms with van der Waals surface area (Å²) in [4.78, 5) is 21.0. The van der Waals surface area contributed by atoms with Gasteiger partial charge in [0, 0.05) is 50.1 Å². The molecule has 1 fully saturated rings. The van der Waals surface area contributed by atoms with Crippen molar-refractivity contribution in [2.45, 2.75) is 32.4 Å². The van der Waals surface area contributed by atoms with Crippen molar-refractivity contribution in [3.8, 4) is 0 Å². The van der Waals surface area contributed by atoms with E-state index in [-0.39, 0.29) is 18.6 Å². The Morgan fingerprint density at radius 1 is 1.50 bits per heavy atom. The lowest BCUT2D eigenvalue weighted by Gasteiger charge is -2.40. The summed E-state index contributed by atoms with van der Waals surface area (Å²) in [7, 11) is 2.08. The second kappa shape index (κ2) is 7.56. The number of piperazine rings is 1. The second-order valence-corrected chi connectivity index (χ2v) is 6.12. The molecule has 0 spiro atoms. The van der Waals surface area contributed by atoms with Gasteiger partial charge in [-0.15, -0.1) is 0 Å². The molecular weight excluding hydrogens is 280 g/mol. The maximum atomic E-state index is 12.1. The lowest BCUT2D eigenvalue weighted by molar-refractivity contribution is 0.0943. The van der Waals surface area contributed by atoms with Gasteiger partial charge in [-0.25, -0.2) is 4.98 Å². The summed E-state index contributed by atoms with van der Waals surface area (Å²) < 4.78 is 0. The van der Waals surface area contributed by atoms with Crippen molar-refractivity contribution >= 4 is 11.7 Å². The highest BCUT2D eigenvalue weighted by molar-refractivity contribution is 5.94. The van der Waals surface area contributed by atoms with Crippen molar-refractivity contribution < 1.29 is 9.90 Å². The molecule has 6 heteroatoms. The molecule has 2 heterocycles. The average molecular weight is 306 g/mol. The molecule has 1 aliphatic heterocycles. The van der Waals surface area contributed by atoms with E-state index < -0.39 is 0 Å². The zero-order valence-corrected chi connectivity index (χ0v) is 13.6. The van der Waals surface area contributed by atoms with Crippen LogP contribution < -0.4 is 10.2 Å². The summed E-state index contributed by atoms with van der Waals surface area (Å²) in [6.45, 7) is 6.70. The van der Waals surface area contributed by atoms with E-state index in [1.165, 1.54) is 0 Å². The number of amides is 1. The number of likely N-dealkylation sites (N-methyl/N-ethyl adjacent to an activating group) is 1. The summed E-state index contributed by atoms with van der Waals surface area (Å²) in [5.41, 5.74) is 0.635. The van der Waals surface area contributed by atoms with E-state index in [1.54, 1.807) is 12.3 Å². The van der Waals surface area contributed by atoms with E-state index in [4.69, 9.17) is 0 Å². The van der Waals surface area contributed by atoms with Crippen molar-refractivity contribution in [2.75, 3.05) is 38.2 Å². The van der Waals surface area contributed by atoms with Crippen LogP contribution in [-0.2, 0) is 0 Å². The summed E-state index contributed by atoms with van der Waals surface area (Å²) >= 11 is 0. The van der Waals surface area contributed by atoms with Crippen LogP contribution in [0.1, 0.15) is 30.6 Å². The van der Waals surface area contributed by atoms with Crippen LogP contribution in [0.4, 0.5) is 5.82 Å². The number of rotatable bonds is 5. The van der Waals surface area contributed by atoms with E-state index in [9.17, 15) is 9.90 Å². The molecule has 0 bridgehead atoms. The van der Waals surface area contributed by atoms with Crippen molar-refractivity contribution in [3.05, 3.63) is 23.9 Å². The van der Waals surface area contributed by atoms with Crippen molar-refractivity contribution in [3.63, 3.8) is 0 Å². The summed E-state index contributed by atoms with van der Waals surface area (Å²) in [5, 5.41) is 12.1. The van der Waals surface area contributed by atoms with Gasteiger partial charge in [-0.2, -0.15) is 0 Å². The fourth-order valence-electron chi connectivity index (χ4n) is 2.69. The standard InChI is InChI=1S/C16H26N4O2/c1-12(2)18-16(22)13-4-6-17-15(10-13)20-8-7-19(3)14(11-20)5-9-21/h4,6,10,12,14,21H,5,7-9,11H2,1-3H3,(H,18,22). The van der Waals surface area contributed by atoms with E-state index in [0.717, 1.165) is 31.9 Å². The molecule has 1 aliphatic rings. The van der Waals surface area contributed by atoms with Crippen molar-refractivity contribution in [1.82, 2.24) is 15.2 Å². The fraction of sp³-hybridized carbons (Fsp3) is 0.625. The first-order valence-electron chi connectivity index (χ1n) is 7.84. The molecule has 2 rings (SSSR count). The smallest absolute Gasteiger partial charge is 0.251 e. The van der Waals surface area contributed by atoms with Gasteiger partial charge in [0.2, 0.25) is 0 Å². The van der Waals surface area contributed by atoms with Crippen LogP contribution in [0.2, 0.25) is 0 Å². The zero-order valence-electron chi connectivity index (χ0n) is 13.6. The third kappa shape index (κ3) is 4.18. The van der Waals surface area contributed by atoms with Gasteiger partial charge in [0.05, 0.1) is 0 Å². The molecule has 1 atom stereocenters. The molecular formula is C16H26N4O2. The third-order valence-corrected chi connectivity index (χ3v) is 3.99. The van der Waals surface area contributed by atoms with Gasteiger partial charge in [0.1, 0.15) is 5.82 Å². The number of hydrogen-bond acceptors (Lipinski definition) is 5. The van der Waals surface area contributed by atoms with Gasteiger partial charge in [-0.1, -0.05) is 0 Å². The van der Waals surface area contributed by atoms with Gasteiger partial charge in [0.25, 0.3) is 5.91 Å². The molecule has 2 N–H and O–H groups in total. The van der Waals surface area contributed by atoms with Gasteiger partial charge in [0.15, 0.2) is 0 Å². The van der Waals surface area contributed by atoms with Gasteiger partial charge >= 0.3 is 0 Å². The maximum Gasteiger partial charge on any atom is 0.251 e. The van der Waals surface area contributed by atoms with Crippen LogP contribution in [0.3, 0.4) is 0 Å². The quantitative estimate of drug-likeness (QED) is 0.839. The van der Waals surface area contributed by atoms with Crippen LogP contribution in [0, 0.1) is 0 Å². The minimum atomic E-state index is -0.0697. The molecule has 0 radical (unpaired) electrons. The topological polar surface area (TPSA) is 68.7 Å². The molecule has 1 amide bonds. The molecule has 1 aromatic rings. The number of pyridine rings is 1.